The van der Waals surface area contributed by atoms with Crippen LogP contribution in [0.5, 0.6) is 5.75 Å². The van der Waals surface area contributed by atoms with Crippen molar-refractivity contribution in [1.82, 2.24) is 5.32 Å². The van der Waals surface area contributed by atoms with Crippen LogP contribution < -0.4 is 10.1 Å². The monoisotopic (exact) mass is 441 g/mol. The summed E-state index contributed by atoms with van der Waals surface area (Å²) in [7, 11) is 0. The molecule has 0 unspecified atom stereocenters. The molecule has 0 heterocycles. The summed E-state index contributed by atoms with van der Waals surface area (Å²) in [6.07, 6.45) is -5.16. The van der Waals surface area contributed by atoms with Crippen molar-refractivity contribution >= 4 is 22.0 Å². The Bertz CT molecular complexity index is 830. The van der Waals surface area contributed by atoms with Crippen LogP contribution in [0.15, 0.2) is 53.0 Å². The molecule has 0 aliphatic heterocycles. The average molecular weight is 442 g/mol. The standard InChI is InChI=1S/C19H15BrF3NO3/c20-16-10-9-15(17(12-16)27-19(21,22)23)8-4-5-11-24-18(25)26-13-14-6-2-1-3-7-14/h1-3,6-7,9-10,12H,5,11,13H2,(H,24,25). The number of nitrogens with one attached hydrogen (secondary N) is 1. The summed E-state index contributed by atoms with van der Waals surface area (Å²) in [5.74, 6) is 4.91. The summed E-state index contributed by atoms with van der Waals surface area (Å²) < 4.78 is 46.7. The first kappa shape index (κ1) is 20.6. The number of benzene rings is 2. The van der Waals surface area contributed by atoms with Gasteiger partial charge in [0, 0.05) is 17.4 Å². The van der Waals surface area contributed by atoms with Crippen molar-refractivity contribution in [2.45, 2.75) is 19.4 Å². The van der Waals surface area contributed by atoms with E-state index in [4.69, 9.17) is 4.74 Å². The molecule has 27 heavy (non-hydrogen) atoms. The predicted molar refractivity (Wildman–Crippen MR) is 96.9 cm³/mol. The van der Waals surface area contributed by atoms with Crippen molar-refractivity contribution in [3.63, 3.8) is 0 Å². The van der Waals surface area contributed by atoms with E-state index in [1.54, 1.807) is 6.07 Å². The van der Waals surface area contributed by atoms with Crippen LogP contribution in [0.25, 0.3) is 0 Å². The predicted octanol–water partition coefficient (Wildman–Crippen LogP) is 5.02. The third-order valence-electron chi connectivity index (χ3n) is 3.12. The molecule has 0 saturated heterocycles. The second-order valence-electron chi connectivity index (χ2n) is 5.23. The number of rotatable bonds is 5. The molecule has 0 aliphatic rings. The Hall–Kier alpha value is -2.66. The number of carbonyl (C=O) groups excluding carboxylic acids is 1. The van der Waals surface area contributed by atoms with E-state index in [9.17, 15) is 18.0 Å². The summed E-state index contributed by atoms with van der Waals surface area (Å²) in [4.78, 5) is 11.6. The fraction of sp³-hybridized carbons (Fsp3) is 0.211. The van der Waals surface area contributed by atoms with Gasteiger partial charge in [-0.2, -0.15) is 0 Å². The van der Waals surface area contributed by atoms with Gasteiger partial charge in [0.1, 0.15) is 12.4 Å². The fourth-order valence-electron chi connectivity index (χ4n) is 1.97. The lowest BCUT2D eigenvalue weighted by Gasteiger charge is -2.10. The molecule has 2 aromatic carbocycles. The Labute approximate surface area is 162 Å². The fourth-order valence-corrected chi connectivity index (χ4v) is 2.31. The number of halogens is 4. The number of hydrogen-bond donors (Lipinski definition) is 1. The van der Waals surface area contributed by atoms with Gasteiger partial charge >= 0.3 is 12.5 Å². The van der Waals surface area contributed by atoms with E-state index in [-0.39, 0.29) is 30.9 Å². The van der Waals surface area contributed by atoms with Crippen LogP contribution in [0.3, 0.4) is 0 Å². The molecule has 2 rings (SSSR count). The molecule has 4 nitrogen and oxygen atoms in total. The first-order valence-corrected chi connectivity index (χ1v) is 8.61. The van der Waals surface area contributed by atoms with Crippen LogP contribution in [0.4, 0.5) is 18.0 Å². The molecule has 1 amide bonds. The zero-order valence-electron chi connectivity index (χ0n) is 14.0. The van der Waals surface area contributed by atoms with E-state index in [2.05, 4.69) is 37.8 Å². The van der Waals surface area contributed by atoms with Crippen molar-refractivity contribution in [2.75, 3.05) is 6.54 Å². The van der Waals surface area contributed by atoms with Gasteiger partial charge < -0.3 is 14.8 Å². The lowest BCUT2D eigenvalue weighted by atomic mass is 10.2. The van der Waals surface area contributed by atoms with Gasteiger partial charge in [-0.05, 0) is 23.8 Å². The lowest BCUT2D eigenvalue weighted by Crippen LogP contribution is -2.24. The molecule has 0 bridgehead atoms. The molecule has 142 valence electrons. The van der Waals surface area contributed by atoms with Crippen molar-refractivity contribution < 1.29 is 27.4 Å². The smallest absolute Gasteiger partial charge is 0.445 e. The largest absolute Gasteiger partial charge is 0.573 e. The Kier molecular flexibility index (Phi) is 7.55. The van der Waals surface area contributed by atoms with Crippen molar-refractivity contribution in [3.05, 3.63) is 64.1 Å². The number of amides is 1. The maximum Gasteiger partial charge on any atom is 0.573 e. The van der Waals surface area contributed by atoms with Gasteiger partial charge in [-0.25, -0.2) is 4.79 Å². The lowest BCUT2D eigenvalue weighted by molar-refractivity contribution is -0.274. The molecule has 1 N–H and O–H groups in total. The molecule has 0 saturated carbocycles. The molecule has 2 aromatic rings. The summed E-state index contributed by atoms with van der Waals surface area (Å²) in [5.41, 5.74) is 0.960. The summed E-state index contributed by atoms with van der Waals surface area (Å²) in [6.45, 7) is 0.349. The first-order valence-electron chi connectivity index (χ1n) is 7.82. The normalized spacial score (nSPS) is 10.5. The third-order valence-corrected chi connectivity index (χ3v) is 3.62. The van der Waals surface area contributed by atoms with Gasteiger partial charge in [-0.1, -0.05) is 58.1 Å². The highest BCUT2D eigenvalue weighted by atomic mass is 79.9. The SMILES string of the molecule is O=C(NCCC#Cc1ccc(Br)cc1OC(F)(F)F)OCc1ccccc1. The summed E-state index contributed by atoms with van der Waals surface area (Å²) in [5, 5.41) is 2.52. The summed E-state index contributed by atoms with van der Waals surface area (Å²) in [6, 6.07) is 13.4. The van der Waals surface area contributed by atoms with Crippen LogP contribution in [-0.2, 0) is 11.3 Å². The zero-order valence-corrected chi connectivity index (χ0v) is 15.6. The Morgan fingerprint density at radius 2 is 1.89 bits per heavy atom. The van der Waals surface area contributed by atoms with Crippen LogP contribution >= 0.6 is 15.9 Å². The summed E-state index contributed by atoms with van der Waals surface area (Å²) >= 11 is 3.09. The van der Waals surface area contributed by atoms with E-state index in [1.165, 1.54) is 12.1 Å². The minimum atomic E-state index is -4.80. The van der Waals surface area contributed by atoms with Gasteiger partial charge in [0.2, 0.25) is 0 Å². The molecule has 0 radical (unpaired) electrons. The number of hydrogen-bond acceptors (Lipinski definition) is 3. The molecular formula is C19H15BrF3NO3. The molecule has 0 fully saturated rings. The van der Waals surface area contributed by atoms with E-state index in [1.807, 2.05) is 30.3 Å². The van der Waals surface area contributed by atoms with Gasteiger partial charge in [0.15, 0.2) is 0 Å². The third kappa shape index (κ3) is 8.05. The molecule has 0 aromatic heterocycles. The molecular weight excluding hydrogens is 427 g/mol. The quantitative estimate of drug-likeness (QED) is 0.523. The van der Waals surface area contributed by atoms with E-state index in [0.29, 0.717) is 4.47 Å². The van der Waals surface area contributed by atoms with Crippen LogP contribution in [0.2, 0.25) is 0 Å². The van der Waals surface area contributed by atoms with Crippen LogP contribution in [0.1, 0.15) is 17.5 Å². The zero-order chi connectivity index (χ0) is 19.7. The van der Waals surface area contributed by atoms with Gasteiger partial charge in [0.05, 0.1) is 5.56 Å². The van der Waals surface area contributed by atoms with Crippen molar-refractivity contribution in [1.29, 1.82) is 0 Å². The number of ether oxygens (including phenoxy) is 2. The Morgan fingerprint density at radius 3 is 2.59 bits per heavy atom. The maximum absolute atomic E-state index is 12.4. The van der Waals surface area contributed by atoms with Gasteiger partial charge in [0.25, 0.3) is 0 Å². The number of carbonyl (C=O) groups is 1. The Morgan fingerprint density at radius 1 is 1.15 bits per heavy atom. The topological polar surface area (TPSA) is 47.6 Å². The van der Waals surface area contributed by atoms with Gasteiger partial charge in [-0.3, -0.25) is 0 Å². The Balaban J connectivity index is 1.81. The minimum absolute atomic E-state index is 0.0992. The van der Waals surface area contributed by atoms with Crippen LogP contribution in [0, 0.1) is 11.8 Å². The minimum Gasteiger partial charge on any atom is -0.445 e. The number of alkyl halides is 3. The molecule has 0 spiro atoms. The van der Waals surface area contributed by atoms with Crippen molar-refractivity contribution in [3.8, 4) is 17.6 Å². The highest BCUT2D eigenvalue weighted by Gasteiger charge is 2.32. The average Bonchev–Trinajstić information content (AvgIpc) is 2.61. The molecule has 0 atom stereocenters. The highest BCUT2D eigenvalue weighted by molar-refractivity contribution is 9.10. The second-order valence-corrected chi connectivity index (χ2v) is 6.14. The van der Waals surface area contributed by atoms with Crippen molar-refractivity contribution in [2.24, 2.45) is 0 Å². The van der Waals surface area contributed by atoms with Crippen LogP contribution in [-0.4, -0.2) is 19.0 Å². The molecule has 8 heteroatoms. The van der Waals surface area contributed by atoms with E-state index < -0.39 is 12.5 Å². The molecule has 0 aliphatic carbocycles. The second kappa shape index (κ2) is 9.88. The maximum atomic E-state index is 12.4. The highest BCUT2D eigenvalue weighted by Crippen LogP contribution is 2.28. The first-order chi connectivity index (χ1) is 12.8. The number of alkyl carbamates (subject to hydrolysis) is 1. The van der Waals surface area contributed by atoms with E-state index in [0.717, 1.165) is 5.56 Å². The van der Waals surface area contributed by atoms with E-state index >= 15 is 0 Å². The van der Waals surface area contributed by atoms with Gasteiger partial charge in [-0.15, -0.1) is 13.2 Å².